The van der Waals surface area contributed by atoms with Crippen molar-refractivity contribution in [1.29, 1.82) is 0 Å². The minimum atomic E-state index is -0.751. The fourth-order valence-electron chi connectivity index (χ4n) is 3.83. The molecule has 0 saturated carbocycles. The van der Waals surface area contributed by atoms with Gasteiger partial charge in [-0.25, -0.2) is 18.0 Å². The van der Waals surface area contributed by atoms with Crippen LogP contribution in [-0.4, -0.2) is 23.9 Å². The van der Waals surface area contributed by atoms with E-state index in [9.17, 15) is 22.8 Å². The number of hydrogen-bond donors (Lipinski definition) is 1. The van der Waals surface area contributed by atoms with Gasteiger partial charge in [0.2, 0.25) is 0 Å². The number of hydrogen-bond acceptors (Lipinski definition) is 2. The van der Waals surface area contributed by atoms with E-state index in [4.69, 9.17) is 0 Å². The molecule has 170 valence electrons. The quantitative estimate of drug-likeness (QED) is 0.580. The minimum Gasteiger partial charge on any atom is -0.348 e. The summed E-state index contributed by atoms with van der Waals surface area (Å²) in [6.07, 6.45) is 0. The molecular weight excluding hydrogens is 431 g/mol. The van der Waals surface area contributed by atoms with Crippen LogP contribution in [0.5, 0.6) is 0 Å². The van der Waals surface area contributed by atoms with E-state index in [1.807, 2.05) is 6.92 Å². The Bertz CT molecular complexity index is 1230. The van der Waals surface area contributed by atoms with E-state index in [1.165, 1.54) is 17.0 Å². The van der Waals surface area contributed by atoms with Gasteiger partial charge < -0.3 is 10.2 Å². The second-order valence-electron chi connectivity index (χ2n) is 7.94. The summed E-state index contributed by atoms with van der Waals surface area (Å²) >= 11 is 0. The van der Waals surface area contributed by atoms with Crippen molar-refractivity contribution in [3.8, 4) is 0 Å². The van der Waals surface area contributed by atoms with Crippen molar-refractivity contribution in [2.45, 2.75) is 26.1 Å². The number of halogens is 3. The predicted molar refractivity (Wildman–Crippen MR) is 118 cm³/mol. The first-order valence-electron chi connectivity index (χ1n) is 10.4. The van der Waals surface area contributed by atoms with Gasteiger partial charge in [0.25, 0.3) is 5.91 Å². The summed E-state index contributed by atoms with van der Waals surface area (Å²) in [5, 5.41) is 2.61. The highest BCUT2D eigenvalue weighted by molar-refractivity contribution is 5.99. The maximum absolute atomic E-state index is 14.3. The molecule has 0 spiro atoms. The molecule has 5 nitrogen and oxygen atoms in total. The van der Waals surface area contributed by atoms with Crippen molar-refractivity contribution in [3.05, 3.63) is 100 Å². The van der Waals surface area contributed by atoms with Crippen molar-refractivity contribution in [1.82, 2.24) is 10.2 Å². The van der Waals surface area contributed by atoms with Gasteiger partial charge in [-0.15, -0.1) is 0 Å². The molecule has 1 N–H and O–H groups in total. The summed E-state index contributed by atoms with van der Waals surface area (Å²) < 4.78 is 41.2. The number of fused-ring (bicyclic) bond motifs is 1. The van der Waals surface area contributed by atoms with Crippen LogP contribution in [0.15, 0.2) is 60.7 Å². The molecule has 1 atom stereocenters. The maximum Gasteiger partial charge on any atom is 0.325 e. The maximum atomic E-state index is 14.3. The molecule has 3 aromatic carbocycles. The summed E-state index contributed by atoms with van der Waals surface area (Å²) in [6, 6.07) is 13.7. The number of rotatable bonds is 5. The molecule has 4 rings (SSSR count). The molecule has 1 aliphatic heterocycles. The first-order chi connectivity index (χ1) is 15.8. The highest BCUT2D eigenvalue weighted by Gasteiger charge is 2.34. The number of amides is 3. The Kier molecular flexibility index (Phi) is 6.09. The highest BCUT2D eigenvalue weighted by Crippen LogP contribution is 2.37. The van der Waals surface area contributed by atoms with Gasteiger partial charge in [0.15, 0.2) is 0 Å². The lowest BCUT2D eigenvalue weighted by Gasteiger charge is -2.39. The third-order valence-electron chi connectivity index (χ3n) is 5.89. The molecule has 3 aromatic rings. The lowest BCUT2D eigenvalue weighted by atomic mass is 9.98. The van der Waals surface area contributed by atoms with Crippen LogP contribution in [0.1, 0.15) is 40.0 Å². The first kappa shape index (κ1) is 22.4. The van der Waals surface area contributed by atoms with Crippen LogP contribution in [0.25, 0.3) is 0 Å². The molecule has 1 aliphatic rings. The van der Waals surface area contributed by atoms with Gasteiger partial charge in [-0.3, -0.25) is 9.69 Å². The van der Waals surface area contributed by atoms with E-state index in [1.54, 1.807) is 48.3 Å². The second kappa shape index (κ2) is 8.97. The topological polar surface area (TPSA) is 52.7 Å². The van der Waals surface area contributed by atoms with E-state index in [0.29, 0.717) is 11.3 Å². The highest BCUT2D eigenvalue weighted by atomic mass is 19.1. The van der Waals surface area contributed by atoms with Gasteiger partial charge in [-0.05, 0) is 36.8 Å². The fraction of sp³-hybridized carbons (Fsp3) is 0.200. The van der Waals surface area contributed by atoms with Crippen molar-refractivity contribution in [3.63, 3.8) is 0 Å². The third-order valence-corrected chi connectivity index (χ3v) is 5.89. The number of benzene rings is 3. The molecule has 3 amide bonds. The molecule has 33 heavy (non-hydrogen) atoms. The Balaban J connectivity index is 1.62. The standard InChI is InChI=1S/C25H22F3N3O2/c1-15-20-10-8-16(24(32)29-13-17-7-9-19(26)12-22(17)28)11-23(20)31(25(33)30(15)2)14-18-5-3-4-6-21(18)27/h3-12,15H,13-14H2,1-2H3,(H,29,32)/t15-/m1/s1. The Morgan fingerprint density at radius 3 is 2.45 bits per heavy atom. The van der Waals surface area contributed by atoms with Gasteiger partial charge in [0.05, 0.1) is 18.3 Å². The van der Waals surface area contributed by atoms with Gasteiger partial charge in [0, 0.05) is 36.3 Å². The number of urea groups is 1. The largest absolute Gasteiger partial charge is 0.348 e. The normalized spacial score (nSPS) is 15.4. The van der Waals surface area contributed by atoms with Crippen LogP contribution in [0, 0.1) is 17.5 Å². The molecule has 0 radical (unpaired) electrons. The summed E-state index contributed by atoms with van der Waals surface area (Å²) in [5.41, 5.74) is 2.08. The molecule has 0 bridgehead atoms. The van der Waals surface area contributed by atoms with Crippen molar-refractivity contribution < 1.29 is 22.8 Å². The summed E-state index contributed by atoms with van der Waals surface area (Å²) in [7, 11) is 1.67. The zero-order chi connectivity index (χ0) is 23.7. The van der Waals surface area contributed by atoms with Gasteiger partial charge in [-0.1, -0.05) is 30.3 Å². The molecular formula is C25H22F3N3O2. The van der Waals surface area contributed by atoms with E-state index >= 15 is 0 Å². The smallest absolute Gasteiger partial charge is 0.325 e. The number of anilines is 1. The van der Waals surface area contributed by atoms with Crippen molar-refractivity contribution in [2.75, 3.05) is 11.9 Å². The lowest BCUT2D eigenvalue weighted by Crippen LogP contribution is -2.46. The van der Waals surface area contributed by atoms with Gasteiger partial charge >= 0.3 is 6.03 Å². The summed E-state index contributed by atoms with van der Waals surface area (Å²) in [4.78, 5) is 28.8. The SMILES string of the molecule is C[C@@H]1c2ccc(C(=O)NCc3ccc(F)cc3F)cc2N(Cc2ccccc2F)C(=O)N1C. The van der Waals surface area contributed by atoms with Crippen molar-refractivity contribution in [2.24, 2.45) is 0 Å². The Morgan fingerprint density at radius 2 is 1.73 bits per heavy atom. The van der Waals surface area contributed by atoms with Crippen molar-refractivity contribution >= 4 is 17.6 Å². The average Bonchev–Trinajstić information content (AvgIpc) is 2.80. The molecule has 0 aromatic heterocycles. The lowest BCUT2D eigenvalue weighted by molar-refractivity contribution is 0.0950. The number of carbonyl (C=O) groups is 2. The Morgan fingerprint density at radius 1 is 0.970 bits per heavy atom. The number of nitrogens with one attached hydrogen (secondary N) is 1. The molecule has 8 heteroatoms. The van der Waals surface area contributed by atoms with E-state index in [0.717, 1.165) is 17.7 Å². The first-order valence-corrected chi connectivity index (χ1v) is 10.4. The predicted octanol–water partition coefficient (Wildman–Crippen LogP) is 5.17. The zero-order valence-corrected chi connectivity index (χ0v) is 18.1. The Labute approximate surface area is 189 Å². The van der Waals surface area contributed by atoms with E-state index in [-0.39, 0.29) is 36.3 Å². The Hall–Kier alpha value is -3.81. The number of nitrogens with zero attached hydrogens (tertiary/aromatic N) is 2. The molecule has 0 unspecified atom stereocenters. The summed E-state index contributed by atoms with van der Waals surface area (Å²) in [5.74, 6) is -2.36. The second-order valence-corrected chi connectivity index (χ2v) is 7.94. The molecule has 1 heterocycles. The zero-order valence-electron chi connectivity index (χ0n) is 18.1. The van der Waals surface area contributed by atoms with Gasteiger partial charge in [0.1, 0.15) is 17.5 Å². The average molecular weight is 453 g/mol. The van der Waals surface area contributed by atoms with Crippen LogP contribution in [0.3, 0.4) is 0 Å². The third kappa shape index (κ3) is 4.41. The molecule has 0 aliphatic carbocycles. The van der Waals surface area contributed by atoms with Gasteiger partial charge in [-0.2, -0.15) is 0 Å². The van der Waals surface area contributed by atoms with E-state index < -0.39 is 23.4 Å². The van der Waals surface area contributed by atoms with Crippen LogP contribution in [-0.2, 0) is 13.1 Å². The van der Waals surface area contributed by atoms with Crippen LogP contribution >= 0.6 is 0 Å². The minimum absolute atomic E-state index is 0.00142. The molecule has 0 saturated heterocycles. The van der Waals surface area contributed by atoms with Crippen LogP contribution in [0.2, 0.25) is 0 Å². The van der Waals surface area contributed by atoms with E-state index in [2.05, 4.69) is 5.32 Å². The monoisotopic (exact) mass is 453 g/mol. The van der Waals surface area contributed by atoms with Crippen LogP contribution in [0.4, 0.5) is 23.7 Å². The number of carbonyl (C=O) groups excluding carboxylic acids is 2. The van der Waals surface area contributed by atoms with Crippen LogP contribution < -0.4 is 10.2 Å². The molecule has 0 fully saturated rings. The summed E-state index contributed by atoms with van der Waals surface area (Å²) in [6.45, 7) is 1.74. The fourth-order valence-corrected chi connectivity index (χ4v) is 3.83.